The summed E-state index contributed by atoms with van der Waals surface area (Å²) >= 11 is 0. The van der Waals surface area contributed by atoms with E-state index in [-0.39, 0.29) is 50.7 Å². The van der Waals surface area contributed by atoms with E-state index in [1.165, 1.54) is 72.6 Å². The summed E-state index contributed by atoms with van der Waals surface area (Å²) in [5, 5.41) is 0. The number of hydrogen-bond donors (Lipinski definition) is 0. The predicted octanol–water partition coefficient (Wildman–Crippen LogP) is 2.49. The SMILES string of the molecule is C1C[Si]C1.CC1=[C-]C(C)C=C1c1cccc(C)c1.CC1=[C-]C(C)C=C1c1cccc(C)c1.[Cl-].[Cl-].[Hf+4]. The van der Waals surface area contributed by atoms with E-state index >= 15 is 0 Å². The molecule has 1 saturated heterocycles. The van der Waals surface area contributed by atoms with E-state index in [1.807, 2.05) is 0 Å². The first kappa shape index (κ1) is 34.1. The van der Waals surface area contributed by atoms with Gasteiger partial charge in [-0.2, -0.15) is 23.3 Å². The maximum Gasteiger partial charge on any atom is 4.00 e. The normalized spacial score (nSPS) is 19.3. The smallest absolute Gasteiger partial charge is 1.00 e. The molecule has 2 aromatic rings. The Bertz CT molecular complexity index is 976. The Hall–Kier alpha value is -0.933. The number of aryl methyl sites for hydroxylation is 2. The van der Waals surface area contributed by atoms with E-state index in [4.69, 9.17) is 0 Å². The van der Waals surface area contributed by atoms with Crippen LogP contribution in [0.4, 0.5) is 0 Å². The molecule has 0 amide bonds. The zero-order valence-electron chi connectivity index (χ0n) is 21.8. The molecule has 0 saturated carbocycles. The van der Waals surface area contributed by atoms with Crippen LogP contribution in [0.15, 0.2) is 71.8 Å². The molecular weight excluding hydrogens is 650 g/mol. The van der Waals surface area contributed by atoms with Gasteiger partial charge in [-0.3, -0.25) is 12.2 Å². The summed E-state index contributed by atoms with van der Waals surface area (Å²) in [5.74, 6) is 0.927. The Kier molecular flexibility index (Phi) is 16.3. The van der Waals surface area contributed by atoms with E-state index in [0.29, 0.717) is 11.8 Å². The molecule has 0 aromatic heterocycles. The number of halogens is 2. The molecule has 4 heteroatoms. The van der Waals surface area contributed by atoms with Gasteiger partial charge < -0.3 is 24.8 Å². The van der Waals surface area contributed by atoms with Crippen molar-refractivity contribution in [1.82, 2.24) is 0 Å². The van der Waals surface area contributed by atoms with Crippen LogP contribution in [-0.4, -0.2) is 9.52 Å². The average Bonchev–Trinajstić information content (AvgIpc) is 3.21. The van der Waals surface area contributed by atoms with Crippen molar-refractivity contribution < 1.29 is 50.7 Å². The van der Waals surface area contributed by atoms with Crippen LogP contribution in [0.5, 0.6) is 0 Å². The molecule has 2 aliphatic carbocycles. The van der Waals surface area contributed by atoms with Gasteiger partial charge in [-0.25, -0.2) is 11.1 Å². The van der Waals surface area contributed by atoms with E-state index < -0.39 is 0 Å². The largest absolute Gasteiger partial charge is 4.00 e. The van der Waals surface area contributed by atoms with Gasteiger partial charge >= 0.3 is 25.8 Å². The molecule has 1 fully saturated rings. The third-order valence-corrected chi connectivity index (χ3v) is 7.31. The fourth-order valence-corrected chi connectivity index (χ4v) is 4.45. The fraction of sp³-hybridized carbons (Fsp3) is 0.355. The van der Waals surface area contributed by atoms with Crippen molar-refractivity contribution in [3.05, 3.63) is 106 Å². The maximum absolute atomic E-state index is 3.41. The molecule has 0 spiro atoms. The standard InChI is InChI=1S/2C14H15.C3H6Si.2ClH.Hf/c2*1-10-5-4-6-13(8-10)14-9-11(2)7-12(14)3;1-2-4-3-1;;;/h2*4-6,8-9,11H,1-3H3;1-3H2;2*1H;/q2*-1;;;;+4/p-2. The minimum absolute atomic E-state index is 0. The van der Waals surface area contributed by atoms with Gasteiger partial charge in [0.15, 0.2) is 0 Å². The Morgan fingerprint density at radius 1 is 0.686 bits per heavy atom. The van der Waals surface area contributed by atoms with Crippen LogP contribution in [-0.2, 0) is 25.8 Å². The maximum atomic E-state index is 3.41. The summed E-state index contributed by atoms with van der Waals surface area (Å²) in [6, 6.07) is 20.3. The minimum Gasteiger partial charge on any atom is -1.00 e. The minimum atomic E-state index is 0. The zero-order chi connectivity index (χ0) is 23.1. The molecular formula is C31H36Cl2HfSi. The van der Waals surface area contributed by atoms with Crippen LogP contribution >= 0.6 is 0 Å². The summed E-state index contributed by atoms with van der Waals surface area (Å²) in [6.07, 6.45) is 12.9. The van der Waals surface area contributed by atoms with Crippen molar-refractivity contribution in [2.24, 2.45) is 11.8 Å². The molecule has 2 unspecified atom stereocenters. The van der Waals surface area contributed by atoms with Crippen LogP contribution in [0.1, 0.15) is 56.4 Å². The van der Waals surface area contributed by atoms with Crippen LogP contribution in [0.25, 0.3) is 11.1 Å². The summed E-state index contributed by atoms with van der Waals surface area (Å²) in [7, 11) is 1.32. The Morgan fingerprint density at radius 3 is 1.26 bits per heavy atom. The van der Waals surface area contributed by atoms with Gasteiger partial charge in [-0.15, -0.1) is 11.1 Å². The van der Waals surface area contributed by atoms with Crippen LogP contribution in [0.3, 0.4) is 0 Å². The van der Waals surface area contributed by atoms with Crippen molar-refractivity contribution in [2.45, 2.75) is 60.1 Å². The number of benzene rings is 2. The zero-order valence-corrected chi connectivity index (χ0v) is 27.9. The topological polar surface area (TPSA) is 0 Å². The molecule has 2 atom stereocenters. The summed E-state index contributed by atoms with van der Waals surface area (Å²) in [4.78, 5) is 0. The van der Waals surface area contributed by atoms with Crippen molar-refractivity contribution in [3.8, 4) is 0 Å². The first-order valence-electron chi connectivity index (χ1n) is 11.8. The van der Waals surface area contributed by atoms with E-state index in [9.17, 15) is 0 Å². The molecule has 0 N–H and O–H groups in total. The number of hydrogen-bond acceptors (Lipinski definition) is 0. The van der Waals surface area contributed by atoms with E-state index in [0.717, 1.165) is 0 Å². The van der Waals surface area contributed by atoms with Gasteiger partial charge in [-0.05, 0) is 13.8 Å². The van der Waals surface area contributed by atoms with E-state index in [1.54, 1.807) is 0 Å². The van der Waals surface area contributed by atoms with Crippen molar-refractivity contribution in [3.63, 3.8) is 0 Å². The molecule has 2 aromatic carbocycles. The second-order valence-electron chi connectivity index (χ2n) is 9.12. The monoisotopic (exact) mass is 686 g/mol. The van der Waals surface area contributed by atoms with Crippen LogP contribution < -0.4 is 24.8 Å². The molecule has 0 nitrogen and oxygen atoms in total. The molecule has 2 radical (unpaired) electrons. The number of allylic oxidation sites excluding steroid dienone is 8. The first-order valence-corrected chi connectivity index (χ1v) is 13.2. The summed E-state index contributed by atoms with van der Waals surface area (Å²) in [6.45, 7) is 12.9. The van der Waals surface area contributed by atoms with Crippen molar-refractivity contribution in [1.29, 1.82) is 0 Å². The molecule has 3 aliphatic rings. The van der Waals surface area contributed by atoms with Crippen LogP contribution in [0, 0.1) is 37.8 Å². The van der Waals surface area contributed by atoms with Gasteiger partial charge in [0.2, 0.25) is 0 Å². The second-order valence-corrected chi connectivity index (χ2v) is 10.6. The molecule has 5 rings (SSSR count). The Balaban J connectivity index is 0.000000530. The van der Waals surface area contributed by atoms with Gasteiger partial charge in [0.1, 0.15) is 0 Å². The van der Waals surface area contributed by atoms with Crippen molar-refractivity contribution >= 4 is 20.7 Å². The molecule has 1 heterocycles. The van der Waals surface area contributed by atoms with Gasteiger partial charge in [0, 0.05) is 9.52 Å². The second kappa shape index (κ2) is 16.7. The quantitative estimate of drug-likeness (QED) is 0.337. The first-order chi connectivity index (χ1) is 15.3. The molecule has 35 heavy (non-hydrogen) atoms. The predicted molar refractivity (Wildman–Crippen MR) is 141 cm³/mol. The third-order valence-electron chi connectivity index (χ3n) is 5.89. The fourth-order valence-electron chi connectivity index (χ4n) is 4.10. The Labute approximate surface area is 247 Å². The van der Waals surface area contributed by atoms with Gasteiger partial charge in [0.05, 0.1) is 0 Å². The number of rotatable bonds is 2. The summed E-state index contributed by atoms with van der Waals surface area (Å²) in [5.41, 5.74) is 10.5. The molecule has 182 valence electrons. The average molecular weight is 686 g/mol. The van der Waals surface area contributed by atoms with Gasteiger partial charge in [-0.1, -0.05) is 118 Å². The Morgan fingerprint density at radius 2 is 1.03 bits per heavy atom. The van der Waals surface area contributed by atoms with Crippen LogP contribution in [0.2, 0.25) is 12.1 Å². The summed E-state index contributed by atoms with van der Waals surface area (Å²) < 4.78 is 0. The third kappa shape index (κ3) is 10.5. The van der Waals surface area contributed by atoms with E-state index in [2.05, 4.69) is 114 Å². The molecule has 1 aliphatic heterocycles. The van der Waals surface area contributed by atoms with Gasteiger partial charge in [0.25, 0.3) is 0 Å². The van der Waals surface area contributed by atoms with Crippen molar-refractivity contribution in [2.75, 3.05) is 0 Å². The molecule has 0 bridgehead atoms.